The molecule has 0 unspecified atom stereocenters. The molecule has 0 fully saturated rings. The lowest BCUT2D eigenvalue weighted by Gasteiger charge is -2.05. The molecule has 11 heteroatoms. The summed E-state index contributed by atoms with van der Waals surface area (Å²) in [6.45, 7) is -0.187. The molecule has 25 heavy (non-hydrogen) atoms. The lowest BCUT2D eigenvalue weighted by Crippen LogP contribution is -2.12. The predicted molar refractivity (Wildman–Crippen MR) is 81.1 cm³/mol. The topological polar surface area (TPSA) is 148 Å². The van der Waals surface area contributed by atoms with Crippen LogP contribution in [-0.2, 0) is 19.2 Å². The Bertz CT molecular complexity index is 615. The van der Waals surface area contributed by atoms with Crippen LogP contribution in [0.1, 0.15) is 25.7 Å². The number of hydrogen-bond donors (Lipinski definition) is 0. The van der Waals surface area contributed by atoms with Gasteiger partial charge in [-0.1, -0.05) is 0 Å². The summed E-state index contributed by atoms with van der Waals surface area (Å²) in [6, 6.07) is 5.05. The quantitative estimate of drug-likeness (QED) is 0.190. The first kappa shape index (κ1) is 19.8. The smallest absolute Gasteiger partial charge is 0.311 e. The van der Waals surface area contributed by atoms with Gasteiger partial charge in [0.15, 0.2) is 0 Å². The molecule has 0 aliphatic rings. The second-order valence-electron chi connectivity index (χ2n) is 4.71. The van der Waals surface area contributed by atoms with Crippen LogP contribution >= 0.6 is 0 Å². The van der Waals surface area contributed by atoms with Crippen LogP contribution in [0, 0.1) is 20.2 Å². The third-order valence-electron chi connectivity index (χ3n) is 2.79. The summed E-state index contributed by atoms with van der Waals surface area (Å²) in [7, 11) is 0. The van der Waals surface area contributed by atoms with Gasteiger partial charge in [0.2, 0.25) is 0 Å². The molecule has 0 saturated heterocycles. The Labute approximate surface area is 141 Å². The molecule has 1 aromatic rings. The maximum atomic E-state index is 11.6. The fraction of sp³-hybridized carbons (Fsp3) is 0.429. The first-order valence-corrected chi connectivity index (χ1v) is 7.26. The van der Waals surface area contributed by atoms with Gasteiger partial charge in [0.1, 0.15) is 5.75 Å². The number of hydrogen-bond acceptors (Lipinski definition) is 9. The van der Waals surface area contributed by atoms with E-state index in [0.717, 1.165) is 0 Å². The maximum absolute atomic E-state index is 11.6. The molecule has 0 radical (unpaired) electrons. The molecule has 1 aromatic carbocycles. The number of rotatable bonds is 11. The normalized spacial score (nSPS) is 9.92. The van der Waals surface area contributed by atoms with E-state index in [1.54, 1.807) is 0 Å². The molecule has 0 N–H and O–H groups in total. The van der Waals surface area contributed by atoms with E-state index in [1.165, 1.54) is 24.3 Å². The summed E-state index contributed by atoms with van der Waals surface area (Å²) in [5.41, 5.74) is -0.115. The molecule has 0 heterocycles. The van der Waals surface area contributed by atoms with Gasteiger partial charge in [-0.2, -0.15) is 0 Å². The van der Waals surface area contributed by atoms with E-state index in [4.69, 9.17) is 9.47 Å². The van der Waals surface area contributed by atoms with E-state index in [1.807, 2.05) is 0 Å². The summed E-state index contributed by atoms with van der Waals surface area (Å²) in [4.78, 5) is 46.7. The van der Waals surface area contributed by atoms with Crippen LogP contribution in [0.2, 0.25) is 0 Å². The Balaban J connectivity index is 2.14. The number of ether oxygens (including phenoxy) is 2. The monoisotopic (exact) mass is 356 g/mol. The van der Waals surface area contributed by atoms with Crippen molar-refractivity contribution in [3.05, 3.63) is 44.5 Å². The Morgan fingerprint density at radius 2 is 1.52 bits per heavy atom. The minimum Gasteiger partial charge on any atom is -0.466 e. The van der Waals surface area contributed by atoms with Crippen LogP contribution in [0.3, 0.4) is 0 Å². The van der Waals surface area contributed by atoms with Crippen molar-refractivity contribution in [3.63, 3.8) is 0 Å². The lowest BCUT2D eigenvalue weighted by molar-refractivity contribution is -0.757. The zero-order valence-electron chi connectivity index (χ0n) is 13.1. The van der Waals surface area contributed by atoms with Crippen molar-refractivity contribution < 1.29 is 33.9 Å². The average molecular weight is 356 g/mol. The number of carbonyl (C=O) groups excluding carboxylic acids is 2. The zero-order chi connectivity index (χ0) is 18.7. The van der Waals surface area contributed by atoms with Gasteiger partial charge < -0.3 is 14.3 Å². The minimum atomic E-state index is -0.943. The number of nitro benzene ring substituents is 1. The van der Waals surface area contributed by atoms with Crippen LogP contribution in [0.4, 0.5) is 5.69 Å². The molecular formula is C14H16N2O9. The molecule has 0 atom stereocenters. The third kappa shape index (κ3) is 8.83. The van der Waals surface area contributed by atoms with Crippen molar-refractivity contribution in [2.45, 2.75) is 25.7 Å². The molecule has 0 spiro atoms. The molecule has 11 nitrogen and oxygen atoms in total. The summed E-state index contributed by atoms with van der Waals surface area (Å²) >= 11 is 0. The number of carbonyl (C=O) groups is 2. The Kier molecular flexibility index (Phi) is 8.33. The van der Waals surface area contributed by atoms with Crippen molar-refractivity contribution in [1.29, 1.82) is 0 Å². The zero-order valence-corrected chi connectivity index (χ0v) is 13.1. The minimum absolute atomic E-state index is 0.00425. The molecule has 0 aliphatic carbocycles. The SMILES string of the molecule is O=C(CCCO[N+](=O)[O-])OCCCC(=O)Oc1ccc([N+](=O)[O-])cc1. The van der Waals surface area contributed by atoms with E-state index >= 15 is 0 Å². The van der Waals surface area contributed by atoms with Gasteiger partial charge in [0.05, 0.1) is 18.1 Å². The van der Waals surface area contributed by atoms with Gasteiger partial charge in [-0.15, -0.1) is 10.1 Å². The second-order valence-corrected chi connectivity index (χ2v) is 4.71. The van der Waals surface area contributed by atoms with Crippen molar-refractivity contribution in [1.82, 2.24) is 0 Å². The number of non-ortho nitro benzene ring substituents is 1. The molecule has 0 saturated carbocycles. The summed E-state index contributed by atoms with van der Waals surface area (Å²) in [5.74, 6) is -0.932. The summed E-state index contributed by atoms with van der Waals surface area (Å²) < 4.78 is 9.82. The summed E-state index contributed by atoms with van der Waals surface area (Å²) in [5, 5.41) is 19.4. The molecular weight excluding hydrogens is 340 g/mol. The van der Waals surface area contributed by atoms with E-state index in [2.05, 4.69) is 4.84 Å². The van der Waals surface area contributed by atoms with Gasteiger partial charge in [0.25, 0.3) is 10.8 Å². The predicted octanol–water partition coefficient (Wildman–Crippen LogP) is 1.81. The number of benzene rings is 1. The van der Waals surface area contributed by atoms with E-state index < -0.39 is 21.9 Å². The van der Waals surface area contributed by atoms with Crippen molar-refractivity contribution in [3.8, 4) is 5.75 Å². The van der Waals surface area contributed by atoms with E-state index in [9.17, 15) is 29.8 Å². The lowest BCUT2D eigenvalue weighted by atomic mass is 10.3. The van der Waals surface area contributed by atoms with Crippen LogP contribution in [0.5, 0.6) is 5.75 Å². The first-order chi connectivity index (χ1) is 11.9. The first-order valence-electron chi connectivity index (χ1n) is 7.26. The highest BCUT2D eigenvalue weighted by Gasteiger charge is 2.09. The number of nitro groups is 1. The fourth-order valence-corrected chi connectivity index (χ4v) is 1.65. The third-order valence-corrected chi connectivity index (χ3v) is 2.79. The van der Waals surface area contributed by atoms with Crippen LogP contribution in [0.25, 0.3) is 0 Å². The van der Waals surface area contributed by atoms with Crippen LogP contribution in [-0.4, -0.2) is 35.2 Å². The van der Waals surface area contributed by atoms with E-state index in [-0.39, 0.29) is 50.3 Å². The fourth-order valence-electron chi connectivity index (χ4n) is 1.65. The Morgan fingerprint density at radius 1 is 0.920 bits per heavy atom. The van der Waals surface area contributed by atoms with Crippen molar-refractivity contribution in [2.75, 3.05) is 13.2 Å². The van der Waals surface area contributed by atoms with Crippen LogP contribution in [0.15, 0.2) is 24.3 Å². The van der Waals surface area contributed by atoms with Crippen LogP contribution < -0.4 is 4.74 Å². The van der Waals surface area contributed by atoms with Crippen molar-refractivity contribution in [2.24, 2.45) is 0 Å². The van der Waals surface area contributed by atoms with Gasteiger partial charge in [-0.25, -0.2) is 0 Å². The molecule has 0 bridgehead atoms. The average Bonchev–Trinajstić information content (AvgIpc) is 2.56. The van der Waals surface area contributed by atoms with E-state index in [0.29, 0.717) is 0 Å². The summed E-state index contributed by atoms with van der Waals surface area (Å²) in [6.07, 6.45) is 0.362. The van der Waals surface area contributed by atoms with Gasteiger partial charge in [-0.3, -0.25) is 19.7 Å². The number of nitrogens with zero attached hydrogens (tertiary/aromatic N) is 2. The number of esters is 2. The van der Waals surface area contributed by atoms with Crippen molar-refractivity contribution >= 4 is 17.6 Å². The second kappa shape index (κ2) is 10.5. The highest BCUT2D eigenvalue weighted by Crippen LogP contribution is 2.17. The Morgan fingerprint density at radius 3 is 2.12 bits per heavy atom. The molecule has 136 valence electrons. The molecule has 1 rings (SSSR count). The molecule has 0 aliphatic heterocycles. The highest BCUT2D eigenvalue weighted by atomic mass is 16.9. The highest BCUT2D eigenvalue weighted by molar-refractivity contribution is 5.72. The van der Waals surface area contributed by atoms with Gasteiger partial charge in [-0.05, 0) is 25.0 Å². The molecule has 0 aromatic heterocycles. The largest absolute Gasteiger partial charge is 0.466 e. The van der Waals surface area contributed by atoms with Gasteiger partial charge >= 0.3 is 11.9 Å². The molecule has 0 amide bonds. The van der Waals surface area contributed by atoms with Gasteiger partial charge in [0, 0.05) is 25.0 Å². The maximum Gasteiger partial charge on any atom is 0.311 e. The Hall–Kier alpha value is -3.24. The standard InChI is InChI=1S/C14H16N2O9/c17-13(3-2-10-24-16(21)22)23-9-1-4-14(18)25-12-7-5-11(6-8-12)15(19)20/h5-8H,1-4,9-10H2.